The van der Waals surface area contributed by atoms with Crippen LogP contribution < -0.4 is 10.2 Å². The first-order chi connectivity index (χ1) is 8.74. The van der Waals surface area contributed by atoms with Crippen molar-refractivity contribution in [1.29, 1.82) is 5.26 Å². The minimum absolute atomic E-state index is 0.151. The number of nitrogens with zero attached hydrogens (tertiary/aromatic N) is 3. The zero-order valence-electron chi connectivity index (χ0n) is 10.8. The summed E-state index contributed by atoms with van der Waals surface area (Å²) in [5.74, 6) is 0.780. The predicted molar refractivity (Wildman–Crippen MR) is 69.6 cm³/mol. The van der Waals surface area contributed by atoms with Crippen molar-refractivity contribution < 1.29 is 4.74 Å². The molecule has 18 heavy (non-hydrogen) atoms. The molecule has 0 aliphatic carbocycles. The summed E-state index contributed by atoms with van der Waals surface area (Å²) < 4.78 is 5.66. The fraction of sp³-hybridized carbons (Fsp3) is 0.538. The molecule has 1 atom stereocenters. The van der Waals surface area contributed by atoms with Crippen LogP contribution in [0, 0.1) is 18.3 Å². The second-order valence-corrected chi connectivity index (χ2v) is 4.43. The maximum absolute atomic E-state index is 9.15. The van der Waals surface area contributed by atoms with E-state index in [0.29, 0.717) is 12.2 Å². The molecule has 1 unspecified atom stereocenters. The molecule has 96 valence electrons. The molecule has 5 heteroatoms. The number of rotatable bonds is 3. The molecule has 0 saturated carbocycles. The van der Waals surface area contributed by atoms with Crippen molar-refractivity contribution in [1.82, 2.24) is 10.3 Å². The van der Waals surface area contributed by atoms with E-state index in [0.717, 1.165) is 31.1 Å². The van der Waals surface area contributed by atoms with Gasteiger partial charge in [0, 0.05) is 25.3 Å². The molecule has 2 rings (SSSR count). The minimum atomic E-state index is 0.151. The van der Waals surface area contributed by atoms with Gasteiger partial charge >= 0.3 is 0 Å². The summed E-state index contributed by atoms with van der Waals surface area (Å²) in [4.78, 5) is 6.63. The molecule has 0 spiro atoms. The molecule has 0 amide bonds. The van der Waals surface area contributed by atoms with Crippen LogP contribution in [-0.4, -0.2) is 44.4 Å². The summed E-state index contributed by atoms with van der Waals surface area (Å²) >= 11 is 0. The highest BCUT2D eigenvalue weighted by molar-refractivity contribution is 5.54. The van der Waals surface area contributed by atoms with Crippen molar-refractivity contribution in [2.75, 3.05) is 38.2 Å². The predicted octanol–water partition coefficient (Wildman–Crippen LogP) is 0.686. The molecular formula is C13H18N4O. The first-order valence-corrected chi connectivity index (χ1v) is 6.13. The molecule has 0 aromatic carbocycles. The van der Waals surface area contributed by atoms with Gasteiger partial charge in [-0.2, -0.15) is 5.26 Å². The number of ether oxygens (including phenoxy) is 1. The highest BCUT2D eigenvalue weighted by Crippen LogP contribution is 2.20. The second kappa shape index (κ2) is 5.80. The zero-order valence-corrected chi connectivity index (χ0v) is 10.8. The normalized spacial score (nSPS) is 19.6. The maximum atomic E-state index is 9.15. The number of morpholine rings is 1. The Morgan fingerprint density at radius 1 is 1.61 bits per heavy atom. The van der Waals surface area contributed by atoms with Gasteiger partial charge in [0.25, 0.3) is 0 Å². The van der Waals surface area contributed by atoms with Crippen molar-refractivity contribution in [2.45, 2.75) is 13.0 Å². The molecule has 1 fully saturated rings. The van der Waals surface area contributed by atoms with Gasteiger partial charge in [-0.15, -0.1) is 0 Å². The number of hydrogen-bond acceptors (Lipinski definition) is 5. The van der Waals surface area contributed by atoms with Crippen LogP contribution in [0.3, 0.4) is 0 Å². The average Bonchev–Trinajstić information content (AvgIpc) is 2.39. The Labute approximate surface area is 107 Å². The van der Waals surface area contributed by atoms with Crippen molar-refractivity contribution in [2.24, 2.45) is 0 Å². The van der Waals surface area contributed by atoms with Crippen LogP contribution in [0.15, 0.2) is 12.1 Å². The molecule has 0 radical (unpaired) electrons. The van der Waals surface area contributed by atoms with Gasteiger partial charge in [0.1, 0.15) is 11.9 Å². The second-order valence-electron chi connectivity index (χ2n) is 4.43. The molecular weight excluding hydrogens is 228 g/mol. The van der Waals surface area contributed by atoms with Crippen LogP contribution in [0.1, 0.15) is 11.3 Å². The Bertz CT molecular complexity index is 453. The van der Waals surface area contributed by atoms with Gasteiger partial charge in [-0.3, -0.25) is 0 Å². The van der Waals surface area contributed by atoms with Gasteiger partial charge in [-0.1, -0.05) is 0 Å². The Hall–Kier alpha value is -1.64. The van der Waals surface area contributed by atoms with Crippen LogP contribution in [0.5, 0.6) is 0 Å². The van der Waals surface area contributed by atoms with E-state index in [1.54, 1.807) is 0 Å². The number of likely N-dealkylation sites (N-methyl/N-ethyl adjacent to an activating group) is 1. The fourth-order valence-electron chi connectivity index (χ4n) is 2.13. The Kier molecular flexibility index (Phi) is 4.13. The van der Waals surface area contributed by atoms with E-state index in [2.05, 4.69) is 21.3 Å². The summed E-state index contributed by atoms with van der Waals surface area (Å²) in [7, 11) is 1.91. The number of anilines is 1. The maximum Gasteiger partial charge on any atom is 0.146 e. The van der Waals surface area contributed by atoms with E-state index in [4.69, 9.17) is 10.00 Å². The summed E-state index contributed by atoms with van der Waals surface area (Å²) in [6, 6.07) is 5.91. The van der Waals surface area contributed by atoms with Gasteiger partial charge in [0.05, 0.1) is 18.3 Å². The number of nitriles is 1. The first kappa shape index (κ1) is 12.8. The topological polar surface area (TPSA) is 61.2 Å². The van der Waals surface area contributed by atoms with Crippen molar-refractivity contribution in [3.05, 3.63) is 23.4 Å². The molecule has 1 N–H and O–H groups in total. The largest absolute Gasteiger partial charge is 0.373 e. The lowest BCUT2D eigenvalue weighted by Gasteiger charge is -2.34. The highest BCUT2D eigenvalue weighted by atomic mass is 16.5. The number of aryl methyl sites for hydroxylation is 1. The number of hydrogen-bond donors (Lipinski definition) is 1. The van der Waals surface area contributed by atoms with Crippen LogP contribution in [0.2, 0.25) is 0 Å². The Balaban J connectivity index is 2.20. The Morgan fingerprint density at radius 2 is 2.44 bits per heavy atom. The number of nitrogens with one attached hydrogen (secondary N) is 1. The van der Waals surface area contributed by atoms with Gasteiger partial charge in [-0.25, -0.2) is 4.98 Å². The fourth-order valence-corrected chi connectivity index (χ4v) is 2.13. The molecule has 1 aromatic heterocycles. The minimum Gasteiger partial charge on any atom is -0.373 e. The van der Waals surface area contributed by atoms with E-state index in [-0.39, 0.29) is 6.10 Å². The van der Waals surface area contributed by atoms with Crippen molar-refractivity contribution in [3.63, 3.8) is 0 Å². The SMILES string of the molecule is CNCC1CN(c2nc(C)ccc2C#N)CCO1. The van der Waals surface area contributed by atoms with Gasteiger partial charge in [0.2, 0.25) is 0 Å². The van der Waals surface area contributed by atoms with E-state index < -0.39 is 0 Å². The summed E-state index contributed by atoms with van der Waals surface area (Å²) in [5.41, 5.74) is 1.56. The summed E-state index contributed by atoms with van der Waals surface area (Å²) in [5, 5.41) is 12.3. The number of aromatic nitrogens is 1. The molecule has 0 bridgehead atoms. The van der Waals surface area contributed by atoms with Crippen LogP contribution in [0.4, 0.5) is 5.82 Å². The number of pyridine rings is 1. The quantitative estimate of drug-likeness (QED) is 0.850. The summed E-state index contributed by atoms with van der Waals surface area (Å²) in [6.07, 6.45) is 0.151. The first-order valence-electron chi connectivity index (χ1n) is 6.13. The van der Waals surface area contributed by atoms with Gasteiger partial charge in [-0.05, 0) is 26.1 Å². The monoisotopic (exact) mass is 246 g/mol. The zero-order chi connectivity index (χ0) is 13.0. The molecule has 5 nitrogen and oxygen atoms in total. The molecule has 1 aliphatic heterocycles. The lowest BCUT2D eigenvalue weighted by atomic mass is 10.2. The van der Waals surface area contributed by atoms with Gasteiger partial charge < -0.3 is 15.0 Å². The standard InChI is InChI=1S/C13H18N4O/c1-10-3-4-11(7-14)13(16-10)17-5-6-18-12(9-17)8-15-2/h3-4,12,15H,5-6,8-9H2,1-2H3. The van der Waals surface area contributed by atoms with E-state index >= 15 is 0 Å². The van der Waals surface area contributed by atoms with Crippen LogP contribution in [-0.2, 0) is 4.74 Å². The van der Waals surface area contributed by atoms with Crippen LogP contribution in [0.25, 0.3) is 0 Å². The third-order valence-corrected chi connectivity index (χ3v) is 3.00. The smallest absolute Gasteiger partial charge is 0.146 e. The van der Waals surface area contributed by atoms with E-state index in [9.17, 15) is 0 Å². The van der Waals surface area contributed by atoms with Gasteiger partial charge in [0.15, 0.2) is 0 Å². The Morgan fingerprint density at radius 3 is 3.17 bits per heavy atom. The van der Waals surface area contributed by atoms with Crippen LogP contribution >= 0.6 is 0 Å². The van der Waals surface area contributed by atoms with E-state index in [1.165, 1.54) is 0 Å². The molecule has 1 aromatic rings. The third kappa shape index (κ3) is 2.78. The molecule has 2 heterocycles. The molecule has 1 aliphatic rings. The molecule has 1 saturated heterocycles. The average molecular weight is 246 g/mol. The van der Waals surface area contributed by atoms with Crippen molar-refractivity contribution in [3.8, 4) is 6.07 Å². The van der Waals surface area contributed by atoms with Crippen molar-refractivity contribution >= 4 is 5.82 Å². The third-order valence-electron chi connectivity index (χ3n) is 3.00. The highest BCUT2D eigenvalue weighted by Gasteiger charge is 2.22. The lowest BCUT2D eigenvalue weighted by molar-refractivity contribution is 0.0419. The lowest BCUT2D eigenvalue weighted by Crippen LogP contribution is -2.46. The van der Waals surface area contributed by atoms with E-state index in [1.807, 2.05) is 26.1 Å². The summed E-state index contributed by atoms with van der Waals surface area (Å²) in [6.45, 7) is 4.98.